The van der Waals surface area contributed by atoms with Crippen LogP contribution in [0.5, 0.6) is 0 Å². The fourth-order valence-electron chi connectivity index (χ4n) is 3.06. The fraction of sp³-hybridized carbons (Fsp3) is 0.688. The third-order valence-electron chi connectivity index (χ3n) is 4.18. The minimum absolute atomic E-state index is 0.190. The second kappa shape index (κ2) is 6.20. The number of aromatic nitrogens is 1. The number of aryl methyl sites for hydroxylation is 3. The van der Waals surface area contributed by atoms with E-state index < -0.39 is 5.60 Å². The number of hydrogen-bond donors (Lipinski definition) is 2. The lowest BCUT2D eigenvalue weighted by Gasteiger charge is -2.33. The lowest BCUT2D eigenvalue weighted by Crippen LogP contribution is -2.45. The van der Waals surface area contributed by atoms with Crippen molar-refractivity contribution in [3.05, 3.63) is 28.6 Å². The van der Waals surface area contributed by atoms with Crippen LogP contribution in [0.4, 0.5) is 0 Å². The first-order chi connectivity index (χ1) is 9.41. The molecule has 2 heterocycles. The molecule has 112 valence electrons. The molecule has 1 aromatic rings. The van der Waals surface area contributed by atoms with Gasteiger partial charge in [0.15, 0.2) is 0 Å². The van der Waals surface area contributed by atoms with Crippen LogP contribution in [0.25, 0.3) is 0 Å². The lowest BCUT2D eigenvalue weighted by atomic mass is 9.93. The van der Waals surface area contributed by atoms with Gasteiger partial charge in [-0.25, -0.2) is 0 Å². The van der Waals surface area contributed by atoms with Crippen LogP contribution in [0, 0.1) is 20.8 Å². The zero-order valence-electron chi connectivity index (χ0n) is 13.0. The molecule has 4 heteroatoms. The monoisotopic (exact) mass is 278 g/mol. The molecular formula is C16H26N2O2. The summed E-state index contributed by atoms with van der Waals surface area (Å²) in [6, 6.07) is 2.30. The van der Waals surface area contributed by atoms with Gasteiger partial charge in [-0.05, 0) is 44.9 Å². The number of rotatable bonds is 4. The average Bonchev–Trinajstić information content (AvgIpc) is 2.36. The Balaban J connectivity index is 2.03. The molecule has 0 spiro atoms. The molecule has 0 bridgehead atoms. The lowest BCUT2D eigenvalue weighted by molar-refractivity contribution is -0.0626. The molecule has 0 radical (unpaired) electrons. The molecule has 1 aromatic heterocycles. The second-order valence-corrected chi connectivity index (χ2v) is 6.02. The third-order valence-corrected chi connectivity index (χ3v) is 4.18. The zero-order valence-corrected chi connectivity index (χ0v) is 13.0. The van der Waals surface area contributed by atoms with E-state index in [-0.39, 0.29) is 6.04 Å². The Bertz CT molecular complexity index is 445. The van der Waals surface area contributed by atoms with E-state index in [0.29, 0.717) is 32.6 Å². The number of nitrogens with zero attached hydrogens (tertiary/aromatic N) is 1. The van der Waals surface area contributed by atoms with Gasteiger partial charge in [0, 0.05) is 50.0 Å². The summed E-state index contributed by atoms with van der Waals surface area (Å²) in [5, 5.41) is 14.0. The van der Waals surface area contributed by atoms with E-state index in [1.807, 2.05) is 6.92 Å². The quantitative estimate of drug-likeness (QED) is 0.886. The van der Waals surface area contributed by atoms with Crippen molar-refractivity contribution < 1.29 is 9.84 Å². The highest BCUT2D eigenvalue weighted by Gasteiger charge is 2.30. The molecule has 2 N–H and O–H groups in total. The van der Waals surface area contributed by atoms with Gasteiger partial charge < -0.3 is 15.2 Å². The van der Waals surface area contributed by atoms with E-state index in [1.54, 1.807) is 0 Å². The Morgan fingerprint density at radius 2 is 2.00 bits per heavy atom. The Morgan fingerprint density at radius 1 is 1.35 bits per heavy atom. The normalized spacial score (nSPS) is 19.9. The molecule has 1 atom stereocenters. The molecule has 0 aromatic carbocycles. The highest BCUT2D eigenvalue weighted by atomic mass is 16.5. The van der Waals surface area contributed by atoms with Crippen LogP contribution >= 0.6 is 0 Å². The molecular weight excluding hydrogens is 252 g/mol. The summed E-state index contributed by atoms with van der Waals surface area (Å²) in [5.41, 5.74) is 3.99. The molecule has 2 rings (SSSR count). The number of ether oxygens (including phenoxy) is 1. The summed E-state index contributed by atoms with van der Waals surface area (Å²) in [5.74, 6) is 0. The van der Waals surface area contributed by atoms with Crippen LogP contribution < -0.4 is 5.32 Å². The van der Waals surface area contributed by atoms with Gasteiger partial charge in [0.25, 0.3) is 0 Å². The van der Waals surface area contributed by atoms with Crippen LogP contribution in [0.3, 0.4) is 0 Å². The van der Waals surface area contributed by atoms with Crippen molar-refractivity contribution in [1.82, 2.24) is 10.3 Å². The molecule has 1 saturated heterocycles. The molecule has 1 aliphatic rings. The smallest absolute Gasteiger partial charge is 0.0815 e. The first-order valence-electron chi connectivity index (χ1n) is 7.39. The van der Waals surface area contributed by atoms with Crippen LogP contribution in [0.1, 0.15) is 48.3 Å². The van der Waals surface area contributed by atoms with Crippen molar-refractivity contribution in [1.29, 1.82) is 0 Å². The summed E-state index contributed by atoms with van der Waals surface area (Å²) in [6.45, 7) is 10.2. The number of nitrogens with one attached hydrogen (secondary N) is 1. The van der Waals surface area contributed by atoms with Gasteiger partial charge in [0.05, 0.1) is 5.60 Å². The molecule has 1 unspecified atom stereocenters. The maximum atomic E-state index is 10.5. The van der Waals surface area contributed by atoms with E-state index in [1.165, 1.54) is 11.1 Å². The minimum Gasteiger partial charge on any atom is -0.388 e. The number of aliphatic hydroxyl groups is 1. The summed E-state index contributed by atoms with van der Waals surface area (Å²) in [6.07, 6.45) is 1.41. The topological polar surface area (TPSA) is 54.4 Å². The van der Waals surface area contributed by atoms with Gasteiger partial charge in [0.1, 0.15) is 0 Å². The minimum atomic E-state index is -0.632. The predicted octanol–water partition coefficient (Wildman–Crippen LogP) is 2.20. The highest BCUT2D eigenvalue weighted by Crippen LogP contribution is 2.24. The van der Waals surface area contributed by atoms with Crippen LogP contribution in [-0.2, 0) is 4.74 Å². The van der Waals surface area contributed by atoms with E-state index in [4.69, 9.17) is 4.74 Å². The van der Waals surface area contributed by atoms with Crippen molar-refractivity contribution in [2.24, 2.45) is 0 Å². The number of hydrogen-bond acceptors (Lipinski definition) is 4. The van der Waals surface area contributed by atoms with Gasteiger partial charge in [-0.2, -0.15) is 0 Å². The summed E-state index contributed by atoms with van der Waals surface area (Å²) >= 11 is 0. The van der Waals surface area contributed by atoms with Gasteiger partial charge in [-0.3, -0.25) is 4.98 Å². The number of pyridine rings is 1. The standard InChI is InChI=1S/C16H26N2O2/c1-11-9-12(2)18-14(4)15(11)13(3)17-10-16(19)5-7-20-8-6-16/h9,13,17,19H,5-8,10H2,1-4H3. The van der Waals surface area contributed by atoms with E-state index in [2.05, 4.69) is 37.1 Å². The van der Waals surface area contributed by atoms with Crippen molar-refractivity contribution in [2.45, 2.75) is 52.2 Å². The Kier molecular flexibility index (Phi) is 4.78. The van der Waals surface area contributed by atoms with Crippen molar-refractivity contribution in [3.8, 4) is 0 Å². The zero-order chi connectivity index (χ0) is 14.8. The van der Waals surface area contributed by atoms with E-state index >= 15 is 0 Å². The first-order valence-corrected chi connectivity index (χ1v) is 7.39. The molecule has 0 saturated carbocycles. The van der Waals surface area contributed by atoms with E-state index in [9.17, 15) is 5.11 Å². The molecule has 1 fully saturated rings. The van der Waals surface area contributed by atoms with Gasteiger partial charge in [0.2, 0.25) is 0 Å². The highest BCUT2D eigenvalue weighted by molar-refractivity contribution is 5.33. The maximum Gasteiger partial charge on any atom is 0.0815 e. The van der Waals surface area contributed by atoms with Crippen LogP contribution in [0.15, 0.2) is 6.07 Å². The largest absolute Gasteiger partial charge is 0.388 e. The fourth-order valence-corrected chi connectivity index (χ4v) is 3.06. The molecule has 1 aliphatic heterocycles. The predicted molar refractivity (Wildman–Crippen MR) is 79.9 cm³/mol. The van der Waals surface area contributed by atoms with Crippen molar-refractivity contribution in [3.63, 3.8) is 0 Å². The maximum absolute atomic E-state index is 10.5. The Labute approximate surface area is 121 Å². The molecule has 4 nitrogen and oxygen atoms in total. The van der Waals surface area contributed by atoms with Crippen molar-refractivity contribution in [2.75, 3.05) is 19.8 Å². The van der Waals surface area contributed by atoms with Crippen LogP contribution in [-0.4, -0.2) is 35.5 Å². The van der Waals surface area contributed by atoms with E-state index in [0.717, 1.165) is 11.4 Å². The second-order valence-electron chi connectivity index (χ2n) is 6.02. The SMILES string of the molecule is Cc1cc(C)c(C(C)NCC2(O)CCOCC2)c(C)n1. The summed E-state index contributed by atoms with van der Waals surface area (Å²) in [7, 11) is 0. The summed E-state index contributed by atoms with van der Waals surface area (Å²) < 4.78 is 5.31. The molecule has 0 amide bonds. The molecule has 20 heavy (non-hydrogen) atoms. The molecule has 0 aliphatic carbocycles. The first kappa shape index (κ1) is 15.4. The Hall–Kier alpha value is -0.970. The van der Waals surface area contributed by atoms with Gasteiger partial charge in [-0.1, -0.05) is 0 Å². The van der Waals surface area contributed by atoms with Crippen molar-refractivity contribution >= 4 is 0 Å². The summed E-state index contributed by atoms with van der Waals surface area (Å²) in [4.78, 5) is 4.55. The average molecular weight is 278 g/mol. The third kappa shape index (κ3) is 3.57. The van der Waals surface area contributed by atoms with Crippen LogP contribution in [0.2, 0.25) is 0 Å². The Morgan fingerprint density at radius 3 is 2.60 bits per heavy atom. The van der Waals surface area contributed by atoms with Gasteiger partial charge >= 0.3 is 0 Å². The van der Waals surface area contributed by atoms with Gasteiger partial charge in [-0.15, -0.1) is 0 Å².